The molecule has 2 unspecified atom stereocenters. The molecule has 2 atom stereocenters. The normalized spacial score (nSPS) is 27.9. The molecule has 1 fully saturated rings. The number of hydrogen-bond donors (Lipinski definition) is 2. The zero-order valence-electron chi connectivity index (χ0n) is 11.7. The lowest BCUT2D eigenvalue weighted by atomic mass is 9.85. The van der Waals surface area contributed by atoms with Crippen LogP contribution in [0.25, 0.3) is 0 Å². The summed E-state index contributed by atoms with van der Waals surface area (Å²) in [6, 6.07) is 0. The number of nitrogens with one attached hydrogen (secondary N) is 1. The fourth-order valence-corrected chi connectivity index (χ4v) is 3.25. The Kier molecular flexibility index (Phi) is 4.07. The molecule has 1 aliphatic rings. The van der Waals surface area contributed by atoms with Crippen LogP contribution < -0.4 is 5.32 Å². The Balaban J connectivity index is 1.99. The van der Waals surface area contributed by atoms with E-state index in [9.17, 15) is 5.11 Å². The summed E-state index contributed by atoms with van der Waals surface area (Å²) in [5.41, 5.74) is 2.32. The Hall–Kier alpha value is -0.870. The van der Waals surface area contributed by atoms with E-state index in [1.807, 2.05) is 20.3 Å². The predicted octanol–water partition coefficient (Wildman–Crippen LogP) is 1.64. The Morgan fingerprint density at radius 1 is 1.56 bits per heavy atom. The number of aryl methyl sites for hydroxylation is 2. The van der Waals surface area contributed by atoms with Gasteiger partial charge in [0.2, 0.25) is 0 Å². The van der Waals surface area contributed by atoms with E-state index in [1.54, 1.807) is 0 Å². The molecule has 102 valence electrons. The molecule has 1 aliphatic carbocycles. The monoisotopic (exact) mass is 251 g/mol. The second-order valence-corrected chi connectivity index (χ2v) is 5.55. The zero-order chi connectivity index (χ0) is 13.2. The number of imidazole rings is 1. The molecular formula is C14H25N3O. The zero-order valence-corrected chi connectivity index (χ0v) is 11.7. The second kappa shape index (κ2) is 5.41. The van der Waals surface area contributed by atoms with Crippen LogP contribution in [-0.2, 0) is 6.54 Å². The Bertz CT molecular complexity index is 396. The summed E-state index contributed by atoms with van der Waals surface area (Å²) in [6.45, 7) is 5.41. The number of aromatic nitrogens is 2. The third kappa shape index (κ3) is 2.31. The van der Waals surface area contributed by atoms with Crippen molar-refractivity contribution in [3.05, 3.63) is 17.7 Å². The second-order valence-electron chi connectivity index (χ2n) is 5.55. The first kappa shape index (κ1) is 13.6. The smallest absolute Gasteiger partial charge is 0.0951 e. The third-order valence-corrected chi connectivity index (χ3v) is 4.80. The fraction of sp³-hybridized carbons (Fsp3) is 0.786. The third-order valence-electron chi connectivity index (χ3n) is 4.80. The first-order valence-electron chi connectivity index (χ1n) is 6.91. The molecule has 0 aliphatic heterocycles. The van der Waals surface area contributed by atoms with Crippen molar-refractivity contribution >= 4 is 0 Å². The molecular weight excluding hydrogens is 226 g/mol. The Morgan fingerprint density at radius 2 is 2.33 bits per heavy atom. The van der Waals surface area contributed by atoms with Gasteiger partial charge in [-0.2, -0.15) is 0 Å². The summed E-state index contributed by atoms with van der Waals surface area (Å²) in [4.78, 5) is 4.34. The first-order valence-corrected chi connectivity index (χ1v) is 6.91. The van der Waals surface area contributed by atoms with Crippen molar-refractivity contribution in [2.45, 2.75) is 51.6 Å². The Labute approximate surface area is 109 Å². The molecule has 1 aromatic heterocycles. The van der Waals surface area contributed by atoms with Crippen LogP contribution in [0.2, 0.25) is 0 Å². The van der Waals surface area contributed by atoms with Gasteiger partial charge in [-0.3, -0.25) is 0 Å². The van der Waals surface area contributed by atoms with Gasteiger partial charge in [-0.1, -0.05) is 6.42 Å². The van der Waals surface area contributed by atoms with E-state index >= 15 is 0 Å². The SMILES string of the molecule is CNC1(CO)CCCC1CCn1cnc(C)c1C. The van der Waals surface area contributed by atoms with Crippen LogP contribution in [0.3, 0.4) is 0 Å². The molecule has 0 bridgehead atoms. The number of aliphatic hydroxyl groups is 1. The molecule has 2 rings (SSSR count). The standard InChI is InChI=1S/C14H25N3O/c1-11-12(2)17(10-16-11)8-6-13-5-4-7-14(13,9-18)15-3/h10,13,15,18H,4-9H2,1-3H3. The van der Waals surface area contributed by atoms with E-state index in [0.29, 0.717) is 5.92 Å². The quantitative estimate of drug-likeness (QED) is 0.836. The highest BCUT2D eigenvalue weighted by atomic mass is 16.3. The fourth-order valence-electron chi connectivity index (χ4n) is 3.25. The van der Waals surface area contributed by atoms with Gasteiger partial charge in [0.1, 0.15) is 0 Å². The number of rotatable bonds is 5. The van der Waals surface area contributed by atoms with Gasteiger partial charge in [-0.15, -0.1) is 0 Å². The predicted molar refractivity (Wildman–Crippen MR) is 72.5 cm³/mol. The van der Waals surface area contributed by atoms with Gasteiger partial charge >= 0.3 is 0 Å². The van der Waals surface area contributed by atoms with Crippen LogP contribution in [0, 0.1) is 19.8 Å². The number of hydrogen-bond acceptors (Lipinski definition) is 3. The maximum Gasteiger partial charge on any atom is 0.0951 e. The highest BCUT2D eigenvalue weighted by Gasteiger charge is 2.40. The maximum absolute atomic E-state index is 9.66. The van der Waals surface area contributed by atoms with Gasteiger partial charge in [-0.05, 0) is 46.1 Å². The summed E-state index contributed by atoms with van der Waals surface area (Å²) in [5.74, 6) is 0.564. The largest absolute Gasteiger partial charge is 0.394 e. The van der Waals surface area contributed by atoms with Crippen LogP contribution >= 0.6 is 0 Å². The van der Waals surface area contributed by atoms with Crippen LogP contribution in [0.4, 0.5) is 0 Å². The van der Waals surface area contributed by atoms with E-state index in [0.717, 1.165) is 25.1 Å². The van der Waals surface area contributed by atoms with Crippen LogP contribution in [0.15, 0.2) is 6.33 Å². The van der Waals surface area contributed by atoms with E-state index in [-0.39, 0.29) is 12.1 Å². The Morgan fingerprint density at radius 3 is 2.89 bits per heavy atom. The minimum Gasteiger partial charge on any atom is -0.394 e. The lowest BCUT2D eigenvalue weighted by Crippen LogP contribution is -2.49. The molecule has 0 aromatic carbocycles. The molecule has 18 heavy (non-hydrogen) atoms. The minimum absolute atomic E-state index is 0.0521. The molecule has 0 radical (unpaired) electrons. The molecule has 0 spiro atoms. The van der Waals surface area contributed by atoms with Gasteiger partial charge in [0.05, 0.1) is 18.6 Å². The van der Waals surface area contributed by atoms with Crippen LogP contribution in [0.1, 0.15) is 37.1 Å². The van der Waals surface area contributed by atoms with Crippen molar-refractivity contribution in [1.29, 1.82) is 0 Å². The molecule has 1 saturated carbocycles. The summed E-state index contributed by atoms with van der Waals surface area (Å²) >= 11 is 0. The molecule has 0 amide bonds. The highest BCUT2D eigenvalue weighted by molar-refractivity contribution is 5.08. The summed E-state index contributed by atoms with van der Waals surface area (Å²) in [5, 5.41) is 13.0. The number of likely N-dealkylation sites (N-methyl/N-ethyl adjacent to an activating group) is 1. The lowest BCUT2D eigenvalue weighted by molar-refractivity contribution is 0.124. The molecule has 1 aromatic rings. The topological polar surface area (TPSA) is 50.1 Å². The van der Waals surface area contributed by atoms with Gasteiger partial charge in [0.25, 0.3) is 0 Å². The minimum atomic E-state index is -0.0521. The van der Waals surface area contributed by atoms with E-state index in [1.165, 1.54) is 18.5 Å². The average molecular weight is 251 g/mol. The molecule has 4 heteroatoms. The highest BCUT2D eigenvalue weighted by Crippen LogP contribution is 2.37. The van der Waals surface area contributed by atoms with Crippen molar-refractivity contribution in [1.82, 2.24) is 14.9 Å². The van der Waals surface area contributed by atoms with Crippen molar-refractivity contribution in [3.8, 4) is 0 Å². The number of nitrogens with zero attached hydrogens (tertiary/aromatic N) is 2. The molecule has 2 N–H and O–H groups in total. The van der Waals surface area contributed by atoms with Crippen LogP contribution in [0.5, 0.6) is 0 Å². The van der Waals surface area contributed by atoms with Crippen molar-refractivity contribution in [3.63, 3.8) is 0 Å². The van der Waals surface area contributed by atoms with Gasteiger partial charge in [0.15, 0.2) is 0 Å². The summed E-state index contributed by atoms with van der Waals surface area (Å²) in [7, 11) is 1.97. The van der Waals surface area contributed by atoms with Gasteiger partial charge in [-0.25, -0.2) is 4.98 Å². The molecule has 1 heterocycles. The lowest BCUT2D eigenvalue weighted by Gasteiger charge is -2.33. The number of aliphatic hydroxyl groups excluding tert-OH is 1. The average Bonchev–Trinajstić information content (AvgIpc) is 2.93. The van der Waals surface area contributed by atoms with E-state index in [4.69, 9.17) is 0 Å². The van der Waals surface area contributed by atoms with E-state index < -0.39 is 0 Å². The summed E-state index contributed by atoms with van der Waals surface area (Å²) in [6.07, 6.45) is 6.56. The molecule has 0 saturated heterocycles. The van der Waals surface area contributed by atoms with E-state index in [2.05, 4.69) is 21.8 Å². The summed E-state index contributed by atoms with van der Waals surface area (Å²) < 4.78 is 2.23. The first-order chi connectivity index (χ1) is 8.63. The maximum atomic E-state index is 9.66. The van der Waals surface area contributed by atoms with Crippen molar-refractivity contribution < 1.29 is 5.11 Å². The van der Waals surface area contributed by atoms with Gasteiger partial charge in [0, 0.05) is 17.8 Å². The van der Waals surface area contributed by atoms with Crippen LogP contribution in [-0.4, -0.2) is 33.9 Å². The van der Waals surface area contributed by atoms with Crippen molar-refractivity contribution in [2.75, 3.05) is 13.7 Å². The van der Waals surface area contributed by atoms with Crippen molar-refractivity contribution in [2.24, 2.45) is 5.92 Å². The molecule has 4 nitrogen and oxygen atoms in total. The van der Waals surface area contributed by atoms with Gasteiger partial charge < -0.3 is 15.0 Å².